The van der Waals surface area contributed by atoms with Gasteiger partial charge >= 0.3 is 0 Å². The number of amides is 1. The Labute approximate surface area is 171 Å². The van der Waals surface area contributed by atoms with Gasteiger partial charge in [-0.25, -0.2) is 8.42 Å². The number of carbonyl (C=O) groups is 1. The van der Waals surface area contributed by atoms with Crippen LogP contribution in [-0.2, 0) is 22.0 Å². The zero-order valence-corrected chi connectivity index (χ0v) is 17.2. The summed E-state index contributed by atoms with van der Waals surface area (Å²) in [5, 5.41) is 2.78. The Morgan fingerprint density at radius 2 is 1.66 bits per heavy atom. The Hall–Kier alpha value is -2.86. The number of hydrogen-bond donors (Lipinski definition) is 1. The summed E-state index contributed by atoms with van der Waals surface area (Å²) >= 11 is 0. The molecule has 0 spiro atoms. The lowest BCUT2D eigenvalue weighted by atomic mass is 10.1. The second-order valence-electron chi connectivity index (χ2n) is 6.95. The molecular weight excluding hydrogens is 386 g/mol. The predicted octanol–water partition coefficient (Wildman–Crippen LogP) is 5.24. The zero-order valence-electron chi connectivity index (χ0n) is 16.4. The average molecular weight is 412 g/mol. The molecule has 0 aliphatic rings. The van der Waals surface area contributed by atoms with Gasteiger partial charge in [-0.05, 0) is 54.8 Å². The minimum absolute atomic E-state index is 0.0790. The summed E-state index contributed by atoms with van der Waals surface area (Å²) in [4.78, 5) is 12.6. The molecule has 0 saturated heterocycles. The first-order chi connectivity index (χ1) is 14.0. The molecule has 3 aromatic rings. The Kier molecular flexibility index (Phi) is 6.88. The fourth-order valence-electron chi connectivity index (χ4n) is 3.00. The molecule has 6 heteroatoms. The van der Waals surface area contributed by atoms with E-state index >= 15 is 0 Å². The van der Waals surface area contributed by atoms with Crippen molar-refractivity contribution in [3.05, 3.63) is 83.8 Å². The molecule has 29 heavy (non-hydrogen) atoms. The van der Waals surface area contributed by atoms with Crippen molar-refractivity contribution in [1.29, 1.82) is 0 Å². The summed E-state index contributed by atoms with van der Waals surface area (Å²) in [6.07, 6.45) is 4.58. The molecule has 1 aromatic heterocycles. The van der Waals surface area contributed by atoms with Gasteiger partial charge in [0, 0.05) is 5.69 Å². The molecule has 0 unspecified atom stereocenters. The Bertz CT molecular complexity index is 1040. The summed E-state index contributed by atoms with van der Waals surface area (Å²) in [6, 6.07) is 18.9. The van der Waals surface area contributed by atoms with E-state index in [1.54, 1.807) is 18.2 Å². The second kappa shape index (κ2) is 9.56. The number of benzene rings is 2. The normalized spacial score (nSPS) is 11.3. The summed E-state index contributed by atoms with van der Waals surface area (Å²) in [5.41, 5.74) is 1.91. The number of furan rings is 1. The molecule has 1 N–H and O–H groups in total. The number of unbranched alkanes of at least 4 members (excludes halogenated alkanes) is 2. The molecule has 0 aliphatic carbocycles. The number of sulfone groups is 1. The Balaban J connectivity index is 1.61. The fraction of sp³-hybridized carbons (Fsp3) is 0.261. The van der Waals surface area contributed by atoms with E-state index in [1.165, 1.54) is 42.7 Å². The minimum Gasteiger partial charge on any atom is -0.455 e. The number of nitrogens with one attached hydrogen (secondary N) is 1. The lowest BCUT2D eigenvalue weighted by Crippen LogP contribution is -2.11. The van der Waals surface area contributed by atoms with Crippen molar-refractivity contribution in [2.45, 2.75) is 43.3 Å². The molecule has 0 bridgehead atoms. The highest BCUT2D eigenvalue weighted by atomic mass is 32.2. The van der Waals surface area contributed by atoms with E-state index in [0.717, 1.165) is 12.8 Å². The molecule has 0 saturated carbocycles. The first-order valence-electron chi connectivity index (χ1n) is 9.75. The third kappa shape index (κ3) is 5.81. The van der Waals surface area contributed by atoms with Gasteiger partial charge in [-0.15, -0.1) is 0 Å². The predicted molar refractivity (Wildman–Crippen MR) is 114 cm³/mol. The monoisotopic (exact) mass is 411 g/mol. The second-order valence-corrected chi connectivity index (χ2v) is 8.94. The third-order valence-corrected chi connectivity index (χ3v) is 6.26. The summed E-state index contributed by atoms with van der Waals surface area (Å²) in [6.45, 7) is 2.18. The van der Waals surface area contributed by atoms with E-state index in [-0.39, 0.29) is 22.2 Å². The Morgan fingerprint density at radius 1 is 0.931 bits per heavy atom. The standard InChI is InChI=1S/C23H25NO4S/c1-2-3-5-8-18-11-13-19(14-12-18)24-23(25)22-16-15-20(28-22)17-29(26,27)21-9-6-4-7-10-21/h4,6-7,9-16H,2-3,5,8,17H2,1H3,(H,24,25). The first-order valence-corrected chi connectivity index (χ1v) is 11.4. The lowest BCUT2D eigenvalue weighted by Gasteiger charge is -2.05. The van der Waals surface area contributed by atoms with E-state index in [9.17, 15) is 13.2 Å². The summed E-state index contributed by atoms with van der Waals surface area (Å²) < 4.78 is 30.3. The van der Waals surface area contributed by atoms with Gasteiger partial charge in [-0.2, -0.15) is 0 Å². The van der Waals surface area contributed by atoms with Crippen LogP contribution < -0.4 is 5.32 Å². The highest BCUT2D eigenvalue weighted by Crippen LogP contribution is 2.19. The van der Waals surface area contributed by atoms with Gasteiger partial charge in [0.25, 0.3) is 5.91 Å². The SMILES string of the molecule is CCCCCc1ccc(NC(=O)c2ccc(CS(=O)(=O)c3ccccc3)o2)cc1. The highest BCUT2D eigenvalue weighted by molar-refractivity contribution is 7.90. The number of anilines is 1. The van der Waals surface area contributed by atoms with Gasteiger partial charge in [0.15, 0.2) is 15.6 Å². The summed E-state index contributed by atoms with van der Waals surface area (Å²) in [7, 11) is -3.52. The number of carbonyl (C=O) groups excluding carboxylic acids is 1. The van der Waals surface area contributed by atoms with Crippen molar-refractivity contribution < 1.29 is 17.6 Å². The zero-order chi connectivity index (χ0) is 20.7. The van der Waals surface area contributed by atoms with Crippen LogP contribution in [0, 0.1) is 0 Å². The van der Waals surface area contributed by atoms with Gasteiger partial charge in [-0.3, -0.25) is 4.79 Å². The minimum atomic E-state index is -3.52. The summed E-state index contributed by atoms with van der Waals surface area (Å²) in [5.74, 6) is -0.399. The third-order valence-electron chi connectivity index (χ3n) is 4.60. The molecule has 3 rings (SSSR count). The maximum absolute atomic E-state index is 12.4. The van der Waals surface area contributed by atoms with Crippen LogP contribution in [-0.4, -0.2) is 14.3 Å². The van der Waals surface area contributed by atoms with Gasteiger partial charge in [-0.1, -0.05) is 50.1 Å². The highest BCUT2D eigenvalue weighted by Gasteiger charge is 2.19. The van der Waals surface area contributed by atoms with Gasteiger partial charge in [0.05, 0.1) is 4.90 Å². The van der Waals surface area contributed by atoms with Crippen molar-refractivity contribution in [2.24, 2.45) is 0 Å². The van der Waals surface area contributed by atoms with Crippen molar-refractivity contribution in [2.75, 3.05) is 5.32 Å². The van der Waals surface area contributed by atoms with Gasteiger partial charge in [0.1, 0.15) is 11.5 Å². The molecule has 2 aromatic carbocycles. The largest absolute Gasteiger partial charge is 0.455 e. The molecule has 1 amide bonds. The smallest absolute Gasteiger partial charge is 0.291 e. The van der Waals surface area contributed by atoms with Crippen LogP contribution in [0.5, 0.6) is 0 Å². The topological polar surface area (TPSA) is 76.4 Å². The molecule has 0 aliphatic heterocycles. The van der Waals surface area contributed by atoms with E-state index in [2.05, 4.69) is 12.2 Å². The van der Waals surface area contributed by atoms with E-state index in [0.29, 0.717) is 5.69 Å². The fourth-order valence-corrected chi connectivity index (χ4v) is 4.27. The lowest BCUT2D eigenvalue weighted by molar-refractivity contribution is 0.0995. The van der Waals surface area contributed by atoms with Crippen LogP contribution in [0.25, 0.3) is 0 Å². The van der Waals surface area contributed by atoms with Crippen LogP contribution in [0.3, 0.4) is 0 Å². The van der Waals surface area contributed by atoms with Gasteiger partial charge in [0.2, 0.25) is 0 Å². The number of aryl methyl sites for hydroxylation is 1. The maximum Gasteiger partial charge on any atom is 0.291 e. The first kappa shape index (κ1) is 20.9. The Morgan fingerprint density at radius 3 is 2.34 bits per heavy atom. The van der Waals surface area contributed by atoms with E-state index < -0.39 is 15.7 Å². The van der Waals surface area contributed by atoms with Crippen LogP contribution in [0.15, 0.2) is 76.0 Å². The maximum atomic E-state index is 12.4. The van der Waals surface area contributed by atoms with Crippen molar-refractivity contribution in [3.8, 4) is 0 Å². The van der Waals surface area contributed by atoms with Crippen molar-refractivity contribution in [3.63, 3.8) is 0 Å². The molecule has 0 fully saturated rings. The molecule has 5 nitrogen and oxygen atoms in total. The number of rotatable bonds is 9. The van der Waals surface area contributed by atoms with Gasteiger partial charge < -0.3 is 9.73 Å². The van der Waals surface area contributed by atoms with Crippen molar-refractivity contribution in [1.82, 2.24) is 0 Å². The van der Waals surface area contributed by atoms with Crippen LogP contribution in [0.2, 0.25) is 0 Å². The van der Waals surface area contributed by atoms with Crippen LogP contribution >= 0.6 is 0 Å². The molecule has 0 radical (unpaired) electrons. The van der Waals surface area contributed by atoms with Crippen LogP contribution in [0.1, 0.15) is 48.1 Å². The molecular formula is C23H25NO4S. The van der Waals surface area contributed by atoms with Crippen LogP contribution in [0.4, 0.5) is 5.69 Å². The number of hydrogen-bond acceptors (Lipinski definition) is 4. The van der Waals surface area contributed by atoms with E-state index in [4.69, 9.17) is 4.42 Å². The molecule has 0 atom stereocenters. The molecule has 152 valence electrons. The molecule has 1 heterocycles. The van der Waals surface area contributed by atoms with Crippen molar-refractivity contribution >= 4 is 21.4 Å². The average Bonchev–Trinajstić information content (AvgIpc) is 3.18. The quantitative estimate of drug-likeness (QED) is 0.489. The van der Waals surface area contributed by atoms with E-state index in [1.807, 2.05) is 24.3 Å².